The predicted molar refractivity (Wildman–Crippen MR) is 131 cm³/mol. The molecule has 4 rings (SSSR count). The van der Waals surface area contributed by atoms with E-state index < -0.39 is 0 Å². The first-order chi connectivity index (χ1) is 16.0. The molecule has 8 heteroatoms. The van der Waals surface area contributed by atoms with Crippen LogP contribution in [0.5, 0.6) is 11.5 Å². The molecule has 3 aromatic carbocycles. The average Bonchev–Trinajstić information content (AvgIpc) is 3.19. The molecule has 1 amide bonds. The molecule has 0 saturated carbocycles. The zero-order valence-corrected chi connectivity index (χ0v) is 19.2. The molecule has 0 unspecified atom stereocenters. The third-order valence-corrected chi connectivity index (χ3v) is 6.06. The van der Waals surface area contributed by atoms with Gasteiger partial charge in [-0.3, -0.25) is 4.79 Å². The highest BCUT2D eigenvalue weighted by molar-refractivity contribution is 7.99. The number of hydrazone groups is 1. The minimum absolute atomic E-state index is 0.0490. The monoisotopic (exact) mass is 460 g/mol. The van der Waals surface area contributed by atoms with Gasteiger partial charge in [0, 0.05) is 5.56 Å². The first-order valence-electron chi connectivity index (χ1n) is 10.4. The molecule has 33 heavy (non-hydrogen) atoms. The minimum Gasteiger partial charge on any atom is -0.504 e. The number of benzene rings is 3. The van der Waals surface area contributed by atoms with Crippen LogP contribution in [0.15, 0.2) is 83.1 Å². The molecule has 0 spiro atoms. The number of fused-ring (bicyclic) bond motifs is 1. The van der Waals surface area contributed by atoms with Gasteiger partial charge in [0.15, 0.2) is 16.7 Å². The van der Waals surface area contributed by atoms with Gasteiger partial charge < -0.3 is 14.4 Å². The number of methoxy groups -OCH3 is 1. The SMILES string of the molecule is COc1cc(/C(C)=N/NC(=O)CSc2nc3ccccc3n2Cc2ccccc2)ccc1O. The van der Waals surface area contributed by atoms with Crippen molar-refractivity contribution in [2.45, 2.75) is 18.6 Å². The topological polar surface area (TPSA) is 88.7 Å². The second kappa shape index (κ2) is 10.2. The Morgan fingerprint density at radius 2 is 1.88 bits per heavy atom. The number of ether oxygens (including phenoxy) is 1. The predicted octanol–water partition coefficient (Wildman–Crippen LogP) is 4.43. The van der Waals surface area contributed by atoms with E-state index >= 15 is 0 Å². The van der Waals surface area contributed by atoms with Crippen LogP contribution in [0.2, 0.25) is 0 Å². The van der Waals surface area contributed by atoms with E-state index in [0.29, 0.717) is 18.0 Å². The molecular formula is C25H24N4O3S. The molecule has 168 valence electrons. The van der Waals surface area contributed by atoms with E-state index in [9.17, 15) is 9.90 Å². The molecule has 0 radical (unpaired) electrons. The van der Waals surface area contributed by atoms with E-state index in [0.717, 1.165) is 27.3 Å². The number of carbonyl (C=O) groups is 1. The number of para-hydroxylation sites is 2. The summed E-state index contributed by atoms with van der Waals surface area (Å²) in [5, 5.41) is 14.7. The fourth-order valence-electron chi connectivity index (χ4n) is 3.36. The molecule has 0 aliphatic carbocycles. The number of nitrogens with one attached hydrogen (secondary N) is 1. The molecule has 0 aliphatic heterocycles. The number of rotatable bonds is 8. The maximum atomic E-state index is 12.5. The molecule has 0 atom stereocenters. The molecule has 0 saturated heterocycles. The number of phenolic OH excluding ortho intramolecular Hbond substituents is 1. The van der Waals surface area contributed by atoms with Crippen molar-refractivity contribution in [3.8, 4) is 11.5 Å². The van der Waals surface area contributed by atoms with E-state index in [1.165, 1.54) is 24.9 Å². The van der Waals surface area contributed by atoms with E-state index in [2.05, 4.69) is 27.2 Å². The second-order valence-electron chi connectivity index (χ2n) is 7.36. The number of amides is 1. The first-order valence-corrected chi connectivity index (χ1v) is 11.4. The summed E-state index contributed by atoms with van der Waals surface area (Å²) in [4.78, 5) is 17.2. The summed E-state index contributed by atoms with van der Waals surface area (Å²) in [7, 11) is 1.48. The van der Waals surface area contributed by atoms with Crippen molar-refractivity contribution in [3.05, 3.63) is 83.9 Å². The van der Waals surface area contributed by atoms with Crippen LogP contribution >= 0.6 is 11.8 Å². The summed E-state index contributed by atoms with van der Waals surface area (Å²) >= 11 is 1.37. The third-order valence-electron chi connectivity index (χ3n) is 5.08. The summed E-state index contributed by atoms with van der Waals surface area (Å²) in [6.07, 6.45) is 0. The number of thioether (sulfide) groups is 1. The zero-order chi connectivity index (χ0) is 23.2. The zero-order valence-electron chi connectivity index (χ0n) is 18.4. The Morgan fingerprint density at radius 1 is 1.12 bits per heavy atom. The van der Waals surface area contributed by atoms with Gasteiger partial charge in [0.2, 0.25) is 0 Å². The van der Waals surface area contributed by atoms with Crippen LogP contribution in [0.25, 0.3) is 11.0 Å². The molecule has 0 bridgehead atoms. The standard InChI is InChI=1S/C25H24N4O3S/c1-17(19-12-13-22(30)23(14-19)32-2)27-28-24(31)16-33-25-26-20-10-6-7-11-21(20)29(25)15-18-8-4-3-5-9-18/h3-14,30H,15-16H2,1-2H3,(H,28,31)/b27-17+. The lowest BCUT2D eigenvalue weighted by molar-refractivity contribution is -0.118. The third kappa shape index (κ3) is 5.35. The van der Waals surface area contributed by atoms with E-state index in [1.54, 1.807) is 19.1 Å². The summed E-state index contributed by atoms with van der Waals surface area (Å²) in [6.45, 7) is 2.45. The van der Waals surface area contributed by atoms with Gasteiger partial charge in [0.05, 0.1) is 36.2 Å². The number of hydrogen-bond acceptors (Lipinski definition) is 6. The summed E-state index contributed by atoms with van der Waals surface area (Å²) in [5.74, 6) is 0.339. The van der Waals surface area contributed by atoms with Gasteiger partial charge in [-0.15, -0.1) is 0 Å². The van der Waals surface area contributed by atoms with Crippen molar-refractivity contribution in [2.24, 2.45) is 5.10 Å². The molecule has 4 aromatic rings. The number of aromatic hydroxyl groups is 1. The Kier molecular flexibility index (Phi) is 6.95. The Labute approximate surface area is 196 Å². The average molecular weight is 461 g/mol. The van der Waals surface area contributed by atoms with Gasteiger partial charge in [-0.2, -0.15) is 5.10 Å². The van der Waals surface area contributed by atoms with E-state index in [1.807, 2.05) is 42.5 Å². The van der Waals surface area contributed by atoms with Crippen LogP contribution in [-0.2, 0) is 11.3 Å². The highest BCUT2D eigenvalue weighted by atomic mass is 32.2. The van der Waals surface area contributed by atoms with Gasteiger partial charge >= 0.3 is 0 Å². The smallest absolute Gasteiger partial charge is 0.250 e. The normalized spacial score (nSPS) is 11.5. The summed E-state index contributed by atoms with van der Waals surface area (Å²) in [6, 6.07) is 23.0. The highest BCUT2D eigenvalue weighted by Gasteiger charge is 2.13. The van der Waals surface area contributed by atoms with Crippen LogP contribution in [0.1, 0.15) is 18.1 Å². The van der Waals surface area contributed by atoms with Gasteiger partial charge in [-0.1, -0.05) is 54.2 Å². The molecule has 1 heterocycles. The number of carbonyl (C=O) groups excluding carboxylic acids is 1. The van der Waals surface area contributed by atoms with E-state index in [-0.39, 0.29) is 17.4 Å². The van der Waals surface area contributed by atoms with Crippen molar-refractivity contribution < 1.29 is 14.6 Å². The Morgan fingerprint density at radius 3 is 2.67 bits per heavy atom. The van der Waals surface area contributed by atoms with E-state index in [4.69, 9.17) is 9.72 Å². The largest absolute Gasteiger partial charge is 0.504 e. The Hall–Kier alpha value is -3.78. The van der Waals surface area contributed by atoms with Crippen molar-refractivity contribution in [1.29, 1.82) is 0 Å². The lowest BCUT2D eigenvalue weighted by Crippen LogP contribution is -2.21. The summed E-state index contributed by atoms with van der Waals surface area (Å²) < 4.78 is 7.25. The second-order valence-corrected chi connectivity index (χ2v) is 8.30. The first kappa shape index (κ1) is 22.4. The van der Waals surface area contributed by atoms with Gasteiger partial charge in [-0.25, -0.2) is 10.4 Å². The van der Waals surface area contributed by atoms with Crippen LogP contribution in [0.3, 0.4) is 0 Å². The van der Waals surface area contributed by atoms with Crippen molar-refractivity contribution in [3.63, 3.8) is 0 Å². The van der Waals surface area contributed by atoms with Crippen LogP contribution < -0.4 is 10.2 Å². The maximum absolute atomic E-state index is 12.5. The van der Waals surface area contributed by atoms with Crippen LogP contribution in [0, 0.1) is 0 Å². The highest BCUT2D eigenvalue weighted by Crippen LogP contribution is 2.27. The molecule has 0 fully saturated rings. The number of phenols is 1. The van der Waals surface area contributed by atoms with Gasteiger partial charge in [0.1, 0.15) is 0 Å². The molecule has 1 aromatic heterocycles. The number of imidazole rings is 1. The van der Waals surface area contributed by atoms with Crippen molar-refractivity contribution >= 4 is 34.4 Å². The van der Waals surface area contributed by atoms with Crippen molar-refractivity contribution in [1.82, 2.24) is 15.0 Å². The molecule has 7 nitrogen and oxygen atoms in total. The van der Waals surface area contributed by atoms with Crippen molar-refractivity contribution in [2.75, 3.05) is 12.9 Å². The van der Waals surface area contributed by atoms with Crippen LogP contribution in [0.4, 0.5) is 0 Å². The lowest BCUT2D eigenvalue weighted by atomic mass is 10.1. The minimum atomic E-state index is -0.233. The van der Waals surface area contributed by atoms with Crippen LogP contribution in [-0.4, -0.2) is 39.1 Å². The number of hydrogen-bond donors (Lipinski definition) is 2. The fourth-order valence-corrected chi connectivity index (χ4v) is 4.16. The van der Waals surface area contributed by atoms with Gasteiger partial charge in [-0.05, 0) is 42.8 Å². The Bertz CT molecular complexity index is 1300. The summed E-state index contributed by atoms with van der Waals surface area (Å²) in [5.41, 5.74) is 7.02. The number of aromatic nitrogens is 2. The van der Waals surface area contributed by atoms with Gasteiger partial charge in [0.25, 0.3) is 5.91 Å². The maximum Gasteiger partial charge on any atom is 0.250 e. The Balaban J connectivity index is 1.45. The molecule has 2 N–H and O–H groups in total. The fraction of sp³-hybridized carbons (Fsp3) is 0.160. The quantitative estimate of drug-likeness (QED) is 0.231. The molecular weight excluding hydrogens is 436 g/mol. The number of nitrogens with zero attached hydrogens (tertiary/aromatic N) is 3. The molecule has 0 aliphatic rings. The lowest BCUT2D eigenvalue weighted by Gasteiger charge is -2.09.